The monoisotopic (exact) mass is 311 g/mol. The Morgan fingerprint density at radius 1 is 1.22 bits per heavy atom. The van der Waals surface area contributed by atoms with Gasteiger partial charge in [0.25, 0.3) is 5.91 Å². The molecular formula is C16H14FN5O. The van der Waals surface area contributed by atoms with Crippen LogP contribution in [0.15, 0.2) is 55.0 Å². The van der Waals surface area contributed by atoms with E-state index in [1.807, 2.05) is 0 Å². The summed E-state index contributed by atoms with van der Waals surface area (Å²) in [5.74, 6) is -0.517. The van der Waals surface area contributed by atoms with Crippen LogP contribution in [0.1, 0.15) is 21.6 Å². The van der Waals surface area contributed by atoms with Gasteiger partial charge in [-0.3, -0.25) is 9.78 Å². The van der Waals surface area contributed by atoms with Crippen LogP contribution in [0.4, 0.5) is 4.39 Å². The Kier molecular flexibility index (Phi) is 4.37. The van der Waals surface area contributed by atoms with Crippen LogP contribution in [0.3, 0.4) is 0 Å². The first kappa shape index (κ1) is 14.8. The molecule has 0 atom stereocenters. The third kappa shape index (κ3) is 3.76. The number of carbonyl (C=O) groups is 1. The fourth-order valence-corrected chi connectivity index (χ4v) is 2.07. The van der Waals surface area contributed by atoms with Gasteiger partial charge in [0.2, 0.25) is 0 Å². The first-order chi connectivity index (χ1) is 11.2. The van der Waals surface area contributed by atoms with Gasteiger partial charge < -0.3 is 5.32 Å². The summed E-state index contributed by atoms with van der Waals surface area (Å²) in [4.78, 5) is 15.8. The highest BCUT2D eigenvalue weighted by Crippen LogP contribution is 2.08. The molecule has 0 aliphatic heterocycles. The Morgan fingerprint density at radius 3 is 2.87 bits per heavy atom. The molecule has 23 heavy (non-hydrogen) atoms. The van der Waals surface area contributed by atoms with Crippen molar-refractivity contribution in [2.75, 3.05) is 0 Å². The molecule has 0 spiro atoms. The molecule has 0 saturated heterocycles. The lowest BCUT2D eigenvalue weighted by molar-refractivity contribution is 0.0950. The second kappa shape index (κ2) is 6.78. The minimum absolute atomic E-state index is 0.234. The van der Waals surface area contributed by atoms with Gasteiger partial charge in [0.05, 0.1) is 24.8 Å². The molecule has 0 aliphatic carbocycles. The van der Waals surface area contributed by atoms with Gasteiger partial charge >= 0.3 is 0 Å². The Morgan fingerprint density at radius 2 is 2.09 bits per heavy atom. The standard InChI is InChI=1S/C16H14FN5O/c17-15-6-2-1-4-13(15)10-22-11-14(20-21-22)9-19-16(23)12-5-3-7-18-8-12/h1-8,11H,9-10H2,(H,19,23). The zero-order valence-electron chi connectivity index (χ0n) is 12.2. The Labute approximate surface area is 132 Å². The number of rotatable bonds is 5. The van der Waals surface area contributed by atoms with Gasteiger partial charge in [0.1, 0.15) is 11.5 Å². The van der Waals surface area contributed by atoms with Crippen LogP contribution >= 0.6 is 0 Å². The maximum atomic E-state index is 13.6. The number of hydrogen-bond donors (Lipinski definition) is 1. The van der Waals surface area contributed by atoms with E-state index in [9.17, 15) is 9.18 Å². The third-order valence-electron chi connectivity index (χ3n) is 3.23. The van der Waals surface area contributed by atoms with Gasteiger partial charge in [0, 0.05) is 18.0 Å². The molecule has 6 nitrogen and oxygen atoms in total. The highest BCUT2D eigenvalue weighted by molar-refractivity contribution is 5.93. The van der Waals surface area contributed by atoms with Crippen molar-refractivity contribution in [3.8, 4) is 0 Å². The molecule has 0 radical (unpaired) electrons. The molecule has 0 bridgehead atoms. The molecule has 1 N–H and O–H groups in total. The Balaban J connectivity index is 1.60. The Bertz CT molecular complexity index is 803. The van der Waals surface area contributed by atoms with Crippen molar-refractivity contribution >= 4 is 5.91 Å². The third-order valence-corrected chi connectivity index (χ3v) is 3.23. The lowest BCUT2D eigenvalue weighted by Crippen LogP contribution is -2.23. The maximum Gasteiger partial charge on any atom is 0.253 e. The van der Waals surface area contributed by atoms with Crippen LogP contribution in [-0.4, -0.2) is 25.9 Å². The van der Waals surface area contributed by atoms with Crippen molar-refractivity contribution in [3.63, 3.8) is 0 Å². The van der Waals surface area contributed by atoms with E-state index >= 15 is 0 Å². The topological polar surface area (TPSA) is 72.7 Å². The molecule has 0 saturated carbocycles. The van der Waals surface area contributed by atoms with Crippen molar-refractivity contribution in [3.05, 3.63) is 77.6 Å². The summed E-state index contributed by atoms with van der Waals surface area (Å²) in [6.07, 6.45) is 4.77. The summed E-state index contributed by atoms with van der Waals surface area (Å²) in [7, 11) is 0. The largest absolute Gasteiger partial charge is 0.346 e. The van der Waals surface area contributed by atoms with Gasteiger partial charge in [-0.1, -0.05) is 23.4 Å². The predicted molar refractivity (Wildman–Crippen MR) is 80.9 cm³/mol. The van der Waals surface area contributed by atoms with Crippen LogP contribution in [0.2, 0.25) is 0 Å². The zero-order chi connectivity index (χ0) is 16.1. The van der Waals surface area contributed by atoms with E-state index in [-0.39, 0.29) is 24.8 Å². The van der Waals surface area contributed by atoms with Crippen LogP contribution in [0.25, 0.3) is 0 Å². The van der Waals surface area contributed by atoms with Crippen LogP contribution in [0.5, 0.6) is 0 Å². The minimum atomic E-state index is -0.283. The average molecular weight is 311 g/mol. The number of aromatic nitrogens is 4. The number of amides is 1. The van der Waals surface area contributed by atoms with Crippen molar-refractivity contribution in [2.24, 2.45) is 0 Å². The number of halogens is 1. The van der Waals surface area contributed by atoms with Crippen LogP contribution < -0.4 is 5.32 Å². The van der Waals surface area contributed by atoms with E-state index in [0.717, 1.165) is 0 Å². The summed E-state index contributed by atoms with van der Waals surface area (Å²) in [5, 5.41) is 10.6. The highest BCUT2D eigenvalue weighted by Gasteiger charge is 2.08. The highest BCUT2D eigenvalue weighted by atomic mass is 19.1. The number of nitrogens with zero attached hydrogens (tertiary/aromatic N) is 4. The van der Waals surface area contributed by atoms with Crippen molar-refractivity contribution in [2.45, 2.75) is 13.1 Å². The molecule has 7 heteroatoms. The second-order valence-electron chi connectivity index (χ2n) is 4.92. The molecule has 3 aromatic rings. The first-order valence-electron chi connectivity index (χ1n) is 7.03. The molecular weight excluding hydrogens is 297 g/mol. The number of nitrogens with one attached hydrogen (secondary N) is 1. The molecule has 0 aliphatic rings. The predicted octanol–water partition coefficient (Wildman–Crippen LogP) is 1.79. The van der Waals surface area contributed by atoms with Crippen molar-refractivity contribution < 1.29 is 9.18 Å². The molecule has 0 fully saturated rings. The van der Waals surface area contributed by atoms with Crippen LogP contribution in [0, 0.1) is 5.82 Å². The SMILES string of the molecule is O=C(NCc1cn(Cc2ccccc2F)nn1)c1cccnc1. The molecule has 116 valence electrons. The average Bonchev–Trinajstić information content (AvgIpc) is 3.03. The maximum absolute atomic E-state index is 13.6. The van der Waals surface area contributed by atoms with Crippen LogP contribution in [-0.2, 0) is 13.1 Å². The summed E-state index contributed by atoms with van der Waals surface area (Å²) in [5.41, 5.74) is 1.60. The zero-order valence-corrected chi connectivity index (χ0v) is 12.2. The Hall–Kier alpha value is -3.09. The second-order valence-corrected chi connectivity index (χ2v) is 4.92. The number of benzene rings is 1. The fourth-order valence-electron chi connectivity index (χ4n) is 2.07. The van der Waals surface area contributed by atoms with E-state index in [1.54, 1.807) is 42.7 Å². The van der Waals surface area contributed by atoms with Crippen molar-refractivity contribution in [1.29, 1.82) is 0 Å². The fraction of sp³-hybridized carbons (Fsp3) is 0.125. The van der Waals surface area contributed by atoms with Gasteiger partial charge in [-0.25, -0.2) is 9.07 Å². The number of pyridine rings is 1. The summed E-state index contributed by atoms with van der Waals surface area (Å²) < 4.78 is 15.1. The van der Waals surface area contributed by atoms with Gasteiger partial charge in [0.15, 0.2) is 0 Å². The lowest BCUT2D eigenvalue weighted by Gasteiger charge is -2.02. The van der Waals surface area contributed by atoms with Gasteiger partial charge in [-0.2, -0.15) is 0 Å². The molecule has 1 aromatic carbocycles. The normalized spacial score (nSPS) is 10.5. The molecule has 0 unspecified atom stereocenters. The van der Waals surface area contributed by atoms with E-state index in [0.29, 0.717) is 16.8 Å². The summed E-state index contributed by atoms with van der Waals surface area (Å²) >= 11 is 0. The molecule has 1 amide bonds. The molecule has 2 heterocycles. The van der Waals surface area contributed by atoms with Crippen molar-refractivity contribution in [1.82, 2.24) is 25.3 Å². The lowest BCUT2D eigenvalue weighted by atomic mass is 10.2. The number of carbonyl (C=O) groups excluding carboxylic acids is 1. The van der Waals surface area contributed by atoms with Gasteiger partial charge in [-0.15, -0.1) is 5.10 Å². The number of hydrogen-bond acceptors (Lipinski definition) is 4. The molecule has 2 aromatic heterocycles. The van der Waals surface area contributed by atoms with E-state index < -0.39 is 0 Å². The quantitative estimate of drug-likeness (QED) is 0.780. The van der Waals surface area contributed by atoms with E-state index in [4.69, 9.17) is 0 Å². The minimum Gasteiger partial charge on any atom is -0.346 e. The van der Waals surface area contributed by atoms with E-state index in [2.05, 4.69) is 20.6 Å². The summed E-state index contributed by atoms with van der Waals surface area (Å²) in [6.45, 7) is 0.529. The smallest absolute Gasteiger partial charge is 0.253 e. The van der Waals surface area contributed by atoms with Gasteiger partial charge in [-0.05, 0) is 18.2 Å². The first-order valence-corrected chi connectivity index (χ1v) is 7.03. The molecule has 3 rings (SSSR count). The van der Waals surface area contributed by atoms with E-state index in [1.165, 1.54) is 16.9 Å². The summed E-state index contributed by atoms with van der Waals surface area (Å²) in [6, 6.07) is 9.88.